The third-order valence-electron chi connectivity index (χ3n) is 3.77. The van der Waals surface area contributed by atoms with Gasteiger partial charge in [-0.05, 0) is 52.7 Å². The lowest BCUT2D eigenvalue weighted by atomic mass is 10.1. The zero-order chi connectivity index (χ0) is 18.1. The molecule has 2 amide bonds. The van der Waals surface area contributed by atoms with Gasteiger partial charge in [0.1, 0.15) is 11.2 Å². The largest absolute Gasteiger partial charge is 0.444 e. The highest BCUT2D eigenvalue weighted by Crippen LogP contribution is 2.16. The second kappa shape index (κ2) is 6.67. The van der Waals surface area contributed by atoms with Crippen molar-refractivity contribution < 1.29 is 14.3 Å². The molecular formula is C17H25N3O4. The molecule has 0 bridgehead atoms. The molecule has 0 aliphatic carbocycles. The number of hydrogen-bond donors (Lipinski definition) is 2. The number of pyridine rings is 1. The topological polar surface area (TPSA) is 91.5 Å². The molecule has 0 spiro atoms. The van der Waals surface area contributed by atoms with Crippen molar-refractivity contribution >= 4 is 12.0 Å². The summed E-state index contributed by atoms with van der Waals surface area (Å²) in [4.78, 5) is 40.7. The fourth-order valence-electron chi connectivity index (χ4n) is 2.76. The minimum absolute atomic E-state index is 0.122. The first-order chi connectivity index (χ1) is 11.1. The number of nitrogens with zero attached hydrogens (tertiary/aromatic N) is 1. The van der Waals surface area contributed by atoms with Gasteiger partial charge in [0, 0.05) is 24.8 Å². The van der Waals surface area contributed by atoms with Gasteiger partial charge in [-0.3, -0.25) is 9.59 Å². The fourth-order valence-corrected chi connectivity index (χ4v) is 2.76. The summed E-state index contributed by atoms with van der Waals surface area (Å²) in [6.07, 6.45) is 0.247. The van der Waals surface area contributed by atoms with Crippen LogP contribution in [-0.2, 0) is 4.74 Å². The van der Waals surface area contributed by atoms with E-state index in [-0.39, 0.29) is 17.7 Å². The van der Waals surface area contributed by atoms with Gasteiger partial charge in [-0.1, -0.05) is 0 Å². The van der Waals surface area contributed by atoms with E-state index in [1.165, 1.54) is 0 Å². The van der Waals surface area contributed by atoms with Gasteiger partial charge in [0.2, 0.25) is 0 Å². The first-order valence-electron chi connectivity index (χ1n) is 8.06. The molecule has 0 aromatic carbocycles. The standard InChI is InChI=1S/C17H25N3O4/c1-10-8-11(2)18-14(21)13(10)15(22)19-12-6-7-20(9-12)16(23)24-17(3,4)5/h8,12H,6-7,9H2,1-5H3,(H,18,21)(H,19,22). The molecule has 1 aromatic rings. The number of aryl methyl sites for hydroxylation is 2. The Hall–Kier alpha value is -2.31. The summed E-state index contributed by atoms with van der Waals surface area (Å²) in [5, 5.41) is 2.84. The van der Waals surface area contributed by atoms with Gasteiger partial charge in [-0.15, -0.1) is 0 Å². The van der Waals surface area contributed by atoms with Crippen molar-refractivity contribution in [2.24, 2.45) is 0 Å². The summed E-state index contributed by atoms with van der Waals surface area (Å²) in [6.45, 7) is 9.84. The van der Waals surface area contributed by atoms with Crippen LogP contribution in [0.25, 0.3) is 0 Å². The van der Waals surface area contributed by atoms with E-state index in [2.05, 4.69) is 10.3 Å². The second-order valence-electron chi connectivity index (χ2n) is 7.22. The molecule has 0 saturated carbocycles. The molecule has 2 rings (SSSR count). The predicted molar refractivity (Wildman–Crippen MR) is 90.2 cm³/mol. The molecule has 1 atom stereocenters. The fraction of sp³-hybridized carbons (Fsp3) is 0.588. The lowest BCUT2D eigenvalue weighted by molar-refractivity contribution is 0.0290. The Bertz CT molecular complexity index is 703. The van der Waals surface area contributed by atoms with Crippen LogP contribution in [0.15, 0.2) is 10.9 Å². The van der Waals surface area contributed by atoms with Crippen LogP contribution in [-0.4, -0.2) is 46.6 Å². The van der Waals surface area contributed by atoms with Gasteiger partial charge in [0.15, 0.2) is 0 Å². The van der Waals surface area contributed by atoms with Crippen LogP contribution in [0, 0.1) is 13.8 Å². The van der Waals surface area contributed by atoms with Crippen molar-refractivity contribution in [1.29, 1.82) is 0 Å². The van der Waals surface area contributed by atoms with Crippen LogP contribution < -0.4 is 10.9 Å². The number of aromatic amines is 1. The maximum absolute atomic E-state index is 12.4. The van der Waals surface area contributed by atoms with Gasteiger partial charge in [-0.2, -0.15) is 0 Å². The van der Waals surface area contributed by atoms with Crippen LogP contribution in [0.5, 0.6) is 0 Å². The Balaban J connectivity index is 2.00. The minimum atomic E-state index is -0.551. The van der Waals surface area contributed by atoms with Crippen molar-refractivity contribution in [3.63, 3.8) is 0 Å². The number of amides is 2. The number of carbonyl (C=O) groups is 2. The van der Waals surface area contributed by atoms with Gasteiger partial charge < -0.3 is 19.9 Å². The van der Waals surface area contributed by atoms with Crippen molar-refractivity contribution in [2.45, 2.75) is 52.7 Å². The van der Waals surface area contributed by atoms with Crippen LogP contribution >= 0.6 is 0 Å². The van der Waals surface area contributed by atoms with E-state index in [0.29, 0.717) is 30.8 Å². The monoisotopic (exact) mass is 335 g/mol. The first kappa shape index (κ1) is 18.0. The molecule has 24 heavy (non-hydrogen) atoms. The van der Waals surface area contributed by atoms with E-state index in [9.17, 15) is 14.4 Å². The SMILES string of the molecule is Cc1cc(C)c(C(=O)NC2CCN(C(=O)OC(C)(C)C)C2)c(=O)[nH]1. The van der Waals surface area contributed by atoms with Gasteiger partial charge in [-0.25, -0.2) is 4.79 Å². The van der Waals surface area contributed by atoms with E-state index in [1.807, 2.05) is 20.8 Å². The quantitative estimate of drug-likeness (QED) is 0.861. The molecule has 1 unspecified atom stereocenters. The lowest BCUT2D eigenvalue weighted by Crippen LogP contribution is -2.41. The first-order valence-corrected chi connectivity index (χ1v) is 8.06. The van der Waals surface area contributed by atoms with Crippen LogP contribution in [0.3, 0.4) is 0 Å². The van der Waals surface area contributed by atoms with E-state index in [4.69, 9.17) is 4.74 Å². The third-order valence-corrected chi connectivity index (χ3v) is 3.77. The van der Waals surface area contributed by atoms with Crippen molar-refractivity contribution in [3.05, 3.63) is 33.2 Å². The Morgan fingerprint density at radius 1 is 1.33 bits per heavy atom. The average Bonchev–Trinajstić information content (AvgIpc) is 2.83. The van der Waals surface area contributed by atoms with E-state index >= 15 is 0 Å². The summed E-state index contributed by atoms with van der Waals surface area (Å²) in [5.74, 6) is -0.412. The van der Waals surface area contributed by atoms with Crippen molar-refractivity contribution in [2.75, 3.05) is 13.1 Å². The van der Waals surface area contributed by atoms with Crippen LogP contribution in [0.4, 0.5) is 4.79 Å². The van der Waals surface area contributed by atoms with Gasteiger partial charge in [0.05, 0.1) is 0 Å². The highest BCUT2D eigenvalue weighted by atomic mass is 16.6. The maximum atomic E-state index is 12.4. The highest BCUT2D eigenvalue weighted by Gasteiger charge is 2.31. The average molecular weight is 335 g/mol. The number of likely N-dealkylation sites (tertiary alicyclic amines) is 1. The van der Waals surface area contributed by atoms with E-state index in [1.54, 1.807) is 24.8 Å². The molecular weight excluding hydrogens is 310 g/mol. The molecule has 2 heterocycles. The predicted octanol–water partition coefficient (Wildman–Crippen LogP) is 1.73. The molecule has 7 heteroatoms. The number of hydrogen-bond acceptors (Lipinski definition) is 4. The van der Waals surface area contributed by atoms with E-state index < -0.39 is 17.1 Å². The number of aromatic nitrogens is 1. The second-order valence-corrected chi connectivity index (χ2v) is 7.22. The molecule has 1 aliphatic heterocycles. The van der Waals surface area contributed by atoms with Crippen molar-refractivity contribution in [3.8, 4) is 0 Å². The Morgan fingerprint density at radius 2 is 2.00 bits per heavy atom. The van der Waals surface area contributed by atoms with Crippen LogP contribution in [0.1, 0.15) is 48.8 Å². The van der Waals surface area contributed by atoms with E-state index in [0.717, 1.165) is 0 Å². The number of ether oxygens (including phenoxy) is 1. The molecule has 2 N–H and O–H groups in total. The molecule has 132 valence electrons. The Morgan fingerprint density at radius 3 is 2.58 bits per heavy atom. The smallest absolute Gasteiger partial charge is 0.410 e. The Labute approximate surface area is 141 Å². The summed E-state index contributed by atoms with van der Waals surface area (Å²) < 4.78 is 5.33. The van der Waals surface area contributed by atoms with Crippen LogP contribution in [0.2, 0.25) is 0 Å². The number of nitrogens with one attached hydrogen (secondary N) is 2. The summed E-state index contributed by atoms with van der Waals surface area (Å²) in [5.41, 5.74) is 0.523. The summed E-state index contributed by atoms with van der Waals surface area (Å²) in [7, 11) is 0. The molecule has 1 aromatic heterocycles. The minimum Gasteiger partial charge on any atom is -0.444 e. The molecule has 1 saturated heterocycles. The number of rotatable bonds is 2. The maximum Gasteiger partial charge on any atom is 0.410 e. The zero-order valence-corrected chi connectivity index (χ0v) is 14.9. The number of H-pyrrole nitrogens is 1. The lowest BCUT2D eigenvalue weighted by Gasteiger charge is -2.24. The third kappa shape index (κ3) is 4.37. The summed E-state index contributed by atoms with van der Waals surface area (Å²) in [6, 6.07) is 1.57. The molecule has 1 aliphatic rings. The normalized spacial score (nSPS) is 17.7. The molecule has 0 radical (unpaired) electrons. The molecule has 1 fully saturated rings. The van der Waals surface area contributed by atoms with Gasteiger partial charge in [0.25, 0.3) is 11.5 Å². The van der Waals surface area contributed by atoms with Crippen molar-refractivity contribution in [1.82, 2.24) is 15.2 Å². The Kier molecular flexibility index (Phi) is 5.01. The number of carbonyl (C=O) groups excluding carboxylic acids is 2. The van der Waals surface area contributed by atoms with Gasteiger partial charge >= 0.3 is 6.09 Å². The highest BCUT2D eigenvalue weighted by molar-refractivity contribution is 5.95. The zero-order valence-electron chi connectivity index (χ0n) is 14.9. The molecule has 7 nitrogen and oxygen atoms in total. The summed E-state index contributed by atoms with van der Waals surface area (Å²) >= 11 is 0.